The second-order valence-electron chi connectivity index (χ2n) is 9.65. The fourth-order valence-corrected chi connectivity index (χ4v) is 4.63. The van der Waals surface area contributed by atoms with E-state index in [9.17, 15) is 18.0 Å². The Morgan fingerprint density at radius 1 is 1.21 bits per heavy atom. The molecule has 6 rings (SSSR count). The summed E-state index contributed by atoms with van der Waals surface area (Å²) in [6, 6.07) is 3.33. The highest BCUT2D eigenvalue weighted by atomic mass is 19.4. The zero-order valence-corrected chi connectivity index (χ0v) is 21.0. The third-order valence-electron chi connectivity index (χ3n) is 6.13. The number of methoxy groups -OCH3 is 1. The van der Waals surface area contributed by atoms with Gasteiger partial charge in [0.25, 0.3) is 5.91 Å². The van der Waals surface area contributed by atoms with Crippen LogP contribution in [-0.2, 0) is 14.9 Å². The van der Waals surface area contributed by atoms with Crippen molar-refractivity contribution >= 4 is 23.3 Å². The Bertz CT molecular complexity index is 1370. The van der Waals surface area contributed by atoms with Crippen LogP contribution in [0.4, 0.5) is 18.9 Å². The van der Waals surface area contributed by atoms with Crippen LogP contribution in [0.5, 0.6) is 11.8 Å². The molecule has 0 spiro atoms. The van der Waals surface area contributed by atoms with E-state index in [0.29, 0.717) is 29.5 Å². The highest BCUT2D eigenvalue weighted by molar-refractivity contribution is 6.06. The van der Waals surface area contributed by atoms with E-state index in [2.05, 4.69) is 22.2 Å². The first-order valence-corrected chi connectivity index (χ1v) is 11.6. The summed E-state index contributed by atoms with van der Waals surface area (Å²) in [6.45, 7) is 6.62. The Labute approximate surface area is 215 Å². The molecule has 204 valence electrons. The van der Waals surface area contributed by atoms with E-state index in [4.69, 9.17) is 29.1 Å². The highest BCUT2D eigenvalue weighted by Crippen LogP contribution is 2.58. The number of carbonyl (C=O) groups excluding carboxylic acids is 1. The normalized spacial score (nSPS) is 21.9. The van der Waals surface area contributed by atoms with Gasteiger partial charge in [0.15, 0.2) is 0 Å². The molecule has 2 bridgehead atoms. The van der Waals surface area contributed by atoms with E-state index in [0.717, 1.165) is 18.5 Å². The van der Waals surface area contributed by atoms with E-state index < -0.39 is 12.1 Å². The van der Waals surface area contributed by atoms with Crippen LogP contribution in [0.15, 0.2) is 30.7 Å². The minimum atomic E-state index is -5.08. The predicted octanol–water partition coefficient (Wildman–Crippen LogP) is 3.63. The summed E-state index contributed by atoms with van der Waals surface area (Å²) in [5.74, 6) is -2.03. The molecule has 38 heavy (non-hydrogen) atoms. The van der Waals surface area contributed by atoms with Gasteiger partial charge in [0.2, 0.25) is 17.5 Å². The predicted molar refractivity (Wildman–Crippen MR) is 126 cm³/mol. The minimum Gasteiger partial charge on any atom is -0.480 e. The lowest BCUT2D eigenvalue weighted by Gasteiger charge is -2.41. The highest BCUT2D eigenvalue weighted by Gasteiger charge is 2.61. The monoisotopic (exact) mass is 537 g/mol. The molecule has 2 aliphatic heterocycles. The number of carboxylic acids is 1. The molecule has 1 aliphatic carbocycles. The average Bonchev–Trinajstić information content (AvgIpc) is 3.49. The first-order chi connectivity index (χ1) is 17.7. The molecule has 5 heterocycles. The van der Waals surface area contributed by atoms with Crippen LogP contribution in [0.3, 0.4) is 0 Å². The van der Waals surface area contributed by atoms with Crippen molar-refractivity contribution in [1.82, 2.24) is 19.4 Å². The van der Waals surface area contributed by atoms with Crippen molar-refractivity contribution in [1.29, 1.82) is 0 Å². The number of anilines is 1. The summed E-state index contributed by atoms with van der Waals surface area (Å²) in [5.41, 5.74) is 1.65. The largest absolute Gasteiger partial charge is 0.490 e. The van der Waals surface area contributed by atoms with Gasteiger partial charge in [0.05, 0.1) is 31.1 Å². The van der Waals surface area contributed by atoms with Crippen LogP contribution in [0.25, 0.3) is 5.78 Å². The molecular formula is C24H26F3N5O6. The van der Waals surface area contributed by atoms with Crippen molar-refractivity contribution in [3.05, 3.63) is 42.0 Å². The zero-order valence-electron chi connectivity index (χ0n) is 21.0. The van der Waals surface area contributed by atoms with Crippen LogP contribution in [0.1, 0.15) is 49.7 Å². The van der Waals surface area contributed by atoms with Gasteiger partial charge in [0.1, 0.15) is 11.3 Å². The summed E-state index contributed by atoms with van der Waals surface area (Å²) < 4.78 is 50.6. The molecule has 2 saturated heterocycles. The van der Waals surface area contributed by atoms with E-state index in [1.54, 1.807) is 24.5 Å². The SMILES string of the molecule is COc1ncccc1C(=O)Nc1cn2cc(C34COC(C)(C3)C4)nc2nc1OC(C)C.O=C(O)C(F)(F)F. The van der Waals surface area contributed by atoms with Crippen LogP contribution in [0, 0.1) is 0 Å². The Balaban J connectivity index is 0.000000426. The quantitative estimate of drug-likeness (QED) is 0.483. The number of rotatable bonds is 6. The number of ether oxygens (including phenoxy) is 3. The Morgan fingerprint density at radius 2 is 1.89 bits per heavy atom. The second-order valence-corrected chi connectivity index (χ2v) is 9.65. The van der Waals surface area contributed by atoms with Gasteiger partial charge in [-0.15, -0.1) is 0 Å². The lowest BCUT2D eigenvalue weighted by Crippen LogP contribution is -2.45. The molecule has 0 atom stereocenters. The van der Waals surface area contributed by atoms with E-state index in [-0.39, 0.29) is 28.9 Å². The zero-order chi connectivity index (χ0) is 27.9. The van der Waals surface area contributed by atoms with E-state index in [1.807, 2.05) is 24.4 Å². The average molecular weight is 537 g/mol. The molecule has 3 fully saturated rings. The number of nitrogens with zero attached hydrogens (tertiary/aromatic N) is 4. The van der Waals surface area contributed by atoms with Crippen molar-refractivity contribution in [2.24, 2.45) is 0 Å². The van der Waals surface area contributed by atoms with Gasteiger partial charge in [-0.1, -0.05) is 0 Å². The van der Waals surface area contributed by atoms with Crippen LogP contribution in [-0.4, -0.2) is 67.9 Å². The minimum absolute atomic E-state index is 0.0307. The fraction of sp³-hybridized carbons (Fsp3) is 0.458. The lowest BCUT2D eigenvalue weighted by atomic mass is 9.62. The number of pyridine rings is 1. The van der Waals surface area contributed by atoms with Crippen molar-refractivity contribution in [3.8, 4) is 11.8 Å². The van der Waals surface area contributed by atoms with E-state index in [1.165, 1.54) is 7.11 Å². The number of carboxylic acid groups (broad SMARTS) is 1. The molecule has 0 radical (unpaired) electrons. The molecule has 11 nitrogen and oxygen atoms in total. The molecule has 1 saturated carbocycles. The maximum atomic E-state index is 12.9. The molecule has 3 aliphatic rings. The van der Waals surface area contributed by atoms with Crippen molar-refractivity contribution in [2.75, 3.05) is 19.0 Å². The van der Waals surface area contributed by atoms with Crippen molar-refractivity contribution in [3.63, 3.8) is 0 Å². The number of alkyl halides is 3. The molecule has 1 amide bonds. The van der Waals surface area contributed by atoms with Crippen molar-refractivity contribution < 1.29 is 42.1 Å². The molecule has 3 aromatic heterocycles. The summed E-state index contributed by atoms with van der Waals surface area (Å²) >= 11 is 0. The van der Waals surface area contributed by atoms with Gasteiger partial charge in [-0.05, 0) is 45.7 Å². The molecule has 3 aromatic rings. The topological polar surface area (TPSA) is 137 Å². The molecule has 14 heteroatoms. The first kappa shape index (κ1) is 27.1. The number of hydrogen-bond donors (Lipinski definition) is 2. The van der Waals surface area contributed by atoms with Crippen LogP contribution in [0.2, 0.25) is 0 Å². The first-order valence-electron chi connectivity index (χ1n) is 11.6. The van der Waals surface area contributed by atoms with Gasteiger partial charge in [-0.25, -0.2) is 14.8 Å². The number of halogens is 3. The van der Waals surface area contributed by atoms with Crippen LogP contribution < -0.4 is 14.8 Å². The van der Waals surface area contributed by atoms with Gasteiger partial charge in [-0.2, -0.15) is 18.2 Å². The number of imidazole rings is 1. The number of hydrogen-bond acceptors (Lipinski definition) is 8. The van der Waals surface area contributed by atoms with Gasteiger partial charge in [0, 0.05) is 24.0 Å². The third kappa shape index (κ3) is 5.35. The summed E-state index contributed by atoms with van der Waals surface area (Å²) in [7, 11) is 1.48. The number of amides is 1. The second kappa shape index (κ2) is 9.74. The molecule has 2 N–H and O–H groups in total. The summed E-state index contributed by atoms with van der Waals surface area (Å²) in [6.07, 6.45) is 2.04. The Morgan fingerprint density at radius 3 is 2.45 bits per heavy atom. The number of aliphatic carboxylic acids is 1. The smallest absolute Gasteiger partial charge is 0.480 e. The Hall–Kier alpha value is -3.94. The van der Waals surface area contributed by atoms with Gasteiger partial charge in [-0.3, -0.25) is 9.20 Å². The maximum Gasteiger partial charge on any atom is 0.490 e. The molecule has 0 aromatic carbocycles. The molecule has 0 unspecified atom stereocenters. The third-order valence-corrected chi connectivity index (χ3v) is 6.13. The van der Waals surface area contributed by atoms with E-state index >= 15 is 0 Å². The summed E-state index contributed by atoms with van der Waals surface area (Å²) in [4.78, 5) is 35.3. The number of carbonyl (C=O) groups is 2. The van der Waals surface area contributed by atoms with Gasteiger partial charge < -0.3 is 24.6 Å². The number of aromatic nitrogens is 4. The van der Waals surface area contributed by atoms with Crippen molar-refractivity contribution in [2.45, 2.75) is 56.9 Å². The summed E-state index contributed by atoms with van der Waals surface area (Å²) in [5, 5.41) is 10.0. The number of nitrogens with one attached hydrogen (secondary N) is 1. The standard InChI is InChI=1S/C22H25N5O4.C2HF3O2/c1-13(2)31-19-15(24-17(28)14-6-5-7-23-18(14)29-4)8-27-9-16(25-20(27)26-19)22-10-21(3,11-22)30-12-22;3-2(4,5)1(6)7/h5-9,13H,10-12H2,1-4H3,(H,24,28);(H,6,7). The lowest BCUT2D eigenvalue weighted by molar-refractivity contribution is -0.192. The van der Waals surface area contributed by atoms with Gasteiger partial charge >= 0.3 is 12.1 Å². The maximum absolute atomic E-state index is 12.9. The number of fused-ring (bicyclic) bond motifs is 2. The van der Waals surface area contributed by atoms with Crippen LogP contribution >= 0.6 is 0 Å². The fourth-order valence-electron chi connectivity index (χ4n) is 4.63. The molecular weight excluding hydrogens is 511 g/mol. The Kier molecular flexibility index (Phi) is 6.95.